The zero-order chi connectivity index (χ0) is 13.1. The molecule has 3 rings (SSSR count). The van der Waals surface area contributed by atoms with E-state index in [0.717, 1.165) is 45.0 Å². The summed E-state index contributed by atoms with van der Waals surface area (Å²) in [6.07, 6.45) is 1.62. The molecule has 0 amide bonds. The van der Waals surface area contributed by atoms with Gasteiger partial charge in [0.05, 0.1) is 30.9 Å². The van der Waals surface area contributed by atoms with Gasteiger partial charge in [-0.15, -0.1) is 0 Å². The first kappa shape index (κ1) is 13.1. The number of hydrogen-bond acceptors (Lipinski definition) is 6. The minimum absolute atomic E-state index is 0.00567. The molecule has 1 aromatic rings. The van der Waals surface area contributed by atoms with Crippen molar-refractivity contribution < 1.29 is 14.4 Å². The second kappa shape index (κ2) is 5.58. The van der Waals surface area contributed by atoms with Crippen molar-refractivity contribution in [2.45, 2.75) is 6.54 Å². The van der Waals surface area contributed by atoms with Gasteiger partial charge in [0.2, 0.25) is 0 Å². The van der Waals surface area contributed by atoms with E-state index in [1.165, 1.54) is 0 Å². The minimum atomic E-state index is -0.00567. The first-order valence-electron chi connectivity index (χ1n) is 6.82. The SMILES string of the molecule is OCC1(CN2CCN(Cc3ccon3)CC2)COC1. The summed E-state index contributed by atoms with van der Waals surface area (Å²) >= 11 is 0. The summed E-state index contributed by atoms with van der Waals surface area (Å²) in [4.78, 5) is 4.81. The van der Waals surface area contributed by atoms with Gasteiger partial charge in [-0.3, -0.25) is 9.80 Å². The van der Waals surface area contributed by atoms with E-state index in [4.69, 9.17) is 9.26 Å². The lowest BCUT2D eigenvalue weighted by molar-refractivity contribution is -0.150. The highest BCUT2D eigenvalue weighted by atomic mass is 16.5. The molecule has 6 heteroatoms. The Labute approximate surface area is 112 Å². The molecule has 0 atom stereocenters. The number of piperazine rings is 1. The van der Waals surface area contributed by atoms with Crippen LogP contribution in [0.25, 0.3) is 0 Å². The quantitative estimate of drug-likeness (QED) is 0.797. The van der Waals surface area contributed by atoms with Gasteiger partial charge in [0.1, 0.15) is 6.26 Å². The molecule has 2 aliphatic rings. The third-order valence-corrected chi connectivity index (χ3v) is 4.05. The molecule has 1 N–H and O–H groups in total. The van der Waals surface area contributed by atoms with Crippen LogP contribution in [-0.4, -0.2) is 72.6 Å². The highest BCUT2D eigenvalue weighted by molar-refractivity contribution is 4.96. The smallest absolute Gasteiger partial charge is 0.124 e. The maximum Gasteiger partial charge on any atom is 0.124 e. The van der Waals surface area contributed by atoms with Crippen LogP contribution in [0.3, 0.4) is 0 Å². The number of aliphatic hydroxyl groups is 1. The number of rotatable bonds is 5. The molecule has 0 spiro atoms. The predicted molar refractivity (Wildman–Crippen MR) is 68.6 cm³/mol. The molecule has 3 heterocycles. The van der Waals surface area contributed by atoms with Crippen molar-refractivity contribution in [3.63, 3.8) is 0 Å². The van der Waals surface area contributed by atoms with Crippen molar-refractivity contribution in [2.24, 2.45) is 5.41 Å². The fraction of sp³-hybridized carbons (Fsp3) is 0.769. The van der Waals surface area contributed by atoms with Gasteiger partial charge in [-0.05, 0) is 0 Å². The van der Waals surface area contributed by atoms with E-state index in [1.54, 1.807) is 6.26 Å². The Balaban J connectivity index is 1.44. The lowest BCUT2D eigenvalue weighted by Crippen LogP contribution is -2.56. The molecule has 1 aromatic heterocycles. The Morgan fingerprint density at radius 1 is 1.21 bits per heavy atom. The third-order valence-electron chi connectivity index (χ3n) is 4.05. The summed E-state index contributed by atoms with van der Waals surface area (Å²) in [5.41, 5.74) is 0.988. The summed E-state index contributed by atoms with van der Waals surface area (Å²) < 4.78 is 10.1. The van der Waals surface area contributed by atoms with Gasteiger partial charge < -0.3 is 14.4 Å². The third kappa shape index (κ3) is 2.97. The van der Waals surface area contributed by atoms with Crippen molar-refractivity contribution in [3.05, 3.63) is 18.0 Å². The fourth-order valence-electron chi connectivity index (χ4n) is 2.75. The van der Waals surface area contributed by atoms with Crippen molar-refractivity contribution in [1.82, 2.24) is 15.0 Å². The Morgan fingerprint density at radius 2 is 1.95 bits per heavy atom. The molecule has 2 aliphatic heterocycles. The standard InChI is InChI=1S/C13H21N3O3/c17-9-13(10-18-11-13)8-16-4-2-15(3-5-16)7-12-1-6-19-14-12/h1,6,17H,2-5,7-11H2. The highest BCUT2D eigenvalue weighted by Crippen LogP contribution is 2.28. The first-order chi connectivity index (χ1) is 9.30. The van der Waals surface area contributed by atoms with Crippen molar-refractivity contribution in [3.8, 4) is 0 Å². The number of aliphatic hydroxyl groups excluding tert-OH is 1. The van der Waals surface area contributed by atoms with Gasteiger partial charge in [-0.1, -0.05) is 5.16 Å². The maximum atomic E-state index is 9.45. The number of hydrogen-bond donors (Lipinski definition) is 1. The van der Waals surface area contributed by atoms with Crippen LogP contribution in [-0.2, 0) is 11.3 Å². The van der Waals surface area contributed by atoms with Gasteiger partial charge >= 0.3 is 0 Å². The molecule has 106 valence electrons. The number of nitrogens with zero attached hydrogens (tertiary/aromatic N) is 3. The van der Waals surface area contributed by atoms with Crippen LogP contribution in [0.2, 0.25) is 0 Å². The number of ether oxygens (including phenoxy) is 1. The summed E-state index contributed by atoms with van der Waals surface area (Å²) in [5.74, 6) is 0. The Hall–Kier alpha value is -0.950. The zero-order valence-electron chi connectivity index (χ0n) is 11.1. The second-order valence-corrected chi connectivity index (χ2v) is 5.69. The summed E-state index contributed by atoms with van der Waals surface area (Å²) in [6, 6.07) is 1.92. The highest BCUT2D eigenvalue weighted by Gasteiger charge is 2.40. The summed E-state index contributed by atoms with van der Waals surface area (Å²) in [6.45, 7) is 7.58. The number of aromatic nitrogens is 1. The maximum absolute atomic E-state index is 9.45. The van der Waals surface area contributed by atoms with E-state index in [-0.39, 0.29) is 12.0 Å². The summed E-state index contributed by atoms with van der Waals surface area (Å²) in [5, 5.41) is 13.4. The Bertz CT molecular complexity index is 378. The van der Waals surface area contributed by atoms with E-state index >= 15 is 0 Å². The van der Waals surface area contributed by atoms with E-state index < -0.39 is 0 Å². The van der Waals surface area contributed by atoms with Crippen LogP contribution in [0.5, 0.6) is 0 Å². The molecule has 2 fully saturated rings. The van der Waals surface area contributed by atoms with E-state index in [2.05, 4.69) is 15.0 Å². The summed E-state index contributed by atoms with van der Waals surface area (Å²) in [7, 11) is 0. The van der Waals surface area contributed by atoms with Crippen molar-refractivity contribution in [2.75, 3.05) is 52.5 Å². The lowest BCUT2D eigenvalue weighted by Gasteiger charge is -2.45. The fourth-order valence-corrected chi connectivity index (χ4v) is 2.75. The van der Waals surface area contributed by atoms with Gasteiger partial charge in [0.15, 0.2) is 0 Å². The molecule has 6 nitrogen and oxygen atoms in total. The van der Waals surface area contributed by atoms with Crippen LogP contribution in [0, 0.1) is 5.41 Å². The monoisotopic (exact) mass is 267 g/mol. The van der Waals surface area contributed by atoms with E-state index in [9.17, 15) is 5.11 Å². The molecule has 0 unspecified atom stereocenters. The molecule has 0 saturated carbocycles. The van der Waals surface area contributed by atoms with Crippen molar-refractivity contribution >= 4 is 0 Å². The van der Waals surface area contributed by atoms with Gasteiger partial charge in [-0.2, -0.15) is 0 Å². The Kier molecular flexibility index (Phi) is 3.83. The molecule has 0 aromatic carbocycles. The lowest BCUT2D eigenvalue weighted by atomic mass is 9.86. The van der Waals surface area contributed by atoms with Crippen LogP contribution >= 0.6 is 0 Å². The average molecular weight is 267 g/mol. The van der Waals surface area contributed by atoms with E-state index in [0.29, 0.717) is 13.2 Å². The molecule has 19 heavy (non-hydrogen) atoms. The second-order valence-electron chi connectivity index (χ2n) is 5.69. The first-order valence-corrected chi connectivity index (χ1v) is 6.82. The topological polar surface area (TPSA) is 62.0 Å². The molecular weight excluding hydrogens is 246 g/mol. The van der Waals surface area contributed by atoms with Gasteiger partial charge in [-0.25, -0.2) is 0 Å². The minimum Gasteiger partial charge on any atom is -0.396 e. The van der Waals surface area contributed by atoms with Gasteiger partial charge in [0, 0.05) is 45.3 Å². The van der Waals surface area contributed by atoms with Crippen LogP contribution < -0.4 is 0 Å². The van der Waals surface area contributed by atoms with Crippen molar-refractivity contribution in [1.29, 1.82) is 0 Å². The zero-order valence-corrected chi connectivity index (χ0v) is 11.1. The van der Waals surface area contributed by atoms with Gasteiger partial charge in [0.25, 0.3) is 0 Å². The predicted octanol–water partition coefficient (Wildman–Crippen LogP) is -0.199. The molecule has 0 radical (unpaired) electrons. The van der Waals surface area contributed by atoms with Crippen LogP contribution in [0.1, 0.15) is 5.69 Å². The average Bonchev–Trinajstić information content (AvgIpc) is 2.89. The van der Waals surface area contributed by atoms with Crippen LogP contribution in [0.15, 0.2) is 16.9 Å². The molecular formula is C13H21N3O3. The molecule has 0 aliphatic carbocycles. The Morgan fingerprint density at radius 3 is 2.47 bits per heavy atom. The molecule has 0 bridgehead atoms. The largest absolute Gasteiger partial charge is 0.396 e. The normalized spacial score (nSPS) is 24.3. The van der Waals surface area contributed by atoms with Crippen LogP contribution in [0.4, 0.5) is 0 Å². The molecule has 2 saturated heterocycles. The van der Waals surface area contributed by atoms with E-state index in [1.807, 2.05) is 6.07 Å².